The number of rotatable bonds is 4. The Morgan fingerprint density at radius 3 is 2.79 bits per heavy atom. The molecule has 0 spiro atoms. The molecule has 3 aromatic rings. The third kappa shape index (κ3) is 3.01. The Kier molecular flexibility index (Phi) is 4.41. The smallest absolute Gasteiger partial charge is 0.231 e. The molecule has 2 aliphatic heterocycles. The molecule has 0 amide bonds. The SMILES string of the molecule is Cc1ccccc1-c1nc2cc3c(cc2cc1CN1CCC[C@H]1CO)OCO3. The lowest BCUT2D eigenvalue weighted by Crippen LogP contribution is -2.31. The lowest BCUT2D eigenvalue weighted by molar-refractivity contribution is 0.153. The van der Waals surface area contributed by atoms with Gasteiger partial charge in [-0.15, -0.1) is 0 Å². The van der Waals surface area contributed by atoms with Gasteiger partial charge in [0.05, 0.1) is 17.8 Å². The number of nitrogens with zero attached hydrogens (tertiary/aromatic N) is 2. The summed E-state index contributed by atoms with van der Waals surface area (Å²) in [6, 6.07) is 14.8. The molecular formula is C23H24N2O3. The highest BCUT2D eigenvalue weighted by molar-refractivity contribution is 5.87. The number of hydrogen-bond donors (Lipinski definition) is 1. The van der Waals surface area contributed by atoms with Crippen LogP contribution in [0.2, 0.25) is 0 Å². The topological polar surface area (TPSA) is 54.8 Å². The predicted octanol–water partition coefficient (Wildman–Crippen LogP) is 3.90. The summed E-state index contributed by atoms with van der Waals surface area (Å²) in [6.07, 6.45) is 2.18. The predicted molar refractivity (Wildman–Crippen MR) is 109 cm³/mol. The summed E-state index contributed by atoms with van der Waals surface area (Å²) in [5, 5.41) is 10.8. The lowest BCUT2D eigenvalue weighted by Gasteiger charge is -2.24. The molecular weight excluding hydrogens is 352 g/mol. The van der Waals surface area contributed by atoms with Crippen LogP contribution in [-0.2, 0) is 6.54 Å². The van der Waals surface area contributed by atoms with E-state index in [2.05, 4.69) is 42.2 Å². The van der Waals surface area contributed by atoms with Crippen LogP contribution in [0.5, 0.6) is 11.5 Å². The van der Waals surface area contributed by atoms with Crippen molar-refractivity contribution in [3.8, 4) is 22.8 Å². The van der Waals surface area contributed by atoms with Crippen LogP contribution in [0, 0.1) is 6.92 Å². The van der Waals surface area contributed by atoms with Crippen LogP contribution in [0.25, 0.3) is 22.2 Å². The van der Waals surface area contributed by atoms with E-state index in [1.165, 1.54) is 11.1 Å². The maximum absolute atomic E-state index is 9.73. The molecule has 1 aromatic heterocycles. The van der Waals surface area contributed by atoms with Gasteiger partial charge in [-0.2, -0.15) is 0 Å². The Bertz CT molecular complexity index is 1030. The first-order valence-corrected chi connectivity index (χ1v) is 9.87. The van der Waals surface area contributed by atoms with Crippen molar-refractivity contribution in [1.29, 1.82) is 0 Å². The van der Waals surface area contributed by atoms with E-state index in [1.807, 2.05) is 12.1 Å². The Morgan fingerprint density at radius 1 is 1.14 bits per heavy atom. The summed E-state index contributed by atoms with van der Waals surface area (Å²) < 4.78 is 11.1. The van der Waals surface area contributed by atoms with E-state index < -0.39 is 0 Å². The van der Waals surface area contributed by atoms with Gasteiger partial charge in [0.2, 0.25) is 6.79 Å². The highest BCUT2D eigenvalue weighted by Gasteiger charge is 2.25. The molecule has 5 nitrogen and oxygen atoms in total. The standard InChI is InChI=1S/C23H24N2O3/c1-15-5-2-3-7-19(15)23-17(12-25-8-4-6-18(25)13-26)9-16-10-21-22(28-14-27-21)11-20(16)24-23/h2-3,5,7,9-11,18,26H,4,6,8,12-14H2,1H3/t18-/m0/s1. The minimum absolute atomic E-state index is 0.208. The van der Waals surface area contributed by atoms with E-state index in [4.69, 9.17) is 14.5 Å². The molecule has 2 aliphatic rings. The number of aliphatic hydroxyl groups excluding tert-OH is 1. The van der Waals surface area contributed by atoms with Crippen molar-refractivity contribution in [1.82, 2.24) is 9.88 Å². The Balaban J connectivity index is 1.66. The molecule has 28 heavy (non-hydrogen) atoms. The molecule has 3 heterocycles. The fourth-order valence-electron chi connectivity index (χ4n) is 4.33. The van der Waals surface area contributed by atoms with Crippen molar-refractivity contribution in [3.63, 3.8) is 0 Å². The second-order valence-corrected chi connectivity index (χ2v) is 7.66. The number of ether oxygens (including phenoxy) is 2. The van der Waals surface area contributed by atoms with E-state index in [1.54, 1.807) is 0 Å². The lowest BCUT2D eigenvalue weighted by atomic mass is 9.99. The molecule has 0 aliphatic carbocycles. The third-order valence-corrected chi connectivity index (χ3v) is 5.87. The Morgan fingerprint density at radius 2 is 1.96 bits per heavy atom. The zero-order valence-electron chi connectivity index (χ0n) is 16.0. The van der Waals surface area contributed by atoms with Gasteiger partial charge in [0.15, 0.2) is 11.5 Å². The fourth-order valence-corrected chi connectivity index (χ4v) is 4.33. The first-order chi connectivity index (χ1) is 13.7. The van der Waals surface area contributed by atoms with Crippen molar-refractivity contribution >= 4 is 10.9 Å². The van der Waals surface area contributed by atoms with Crippen LogP contribution in [0.3, 0.4) is 0 Å². The van der Waals surface area contributed by atoms with Crippen LogP contribution in [0.1, 0.15) is 24.0 Å². The zero-order chi connectivity index (χ0) is 19.1. The number of benzene rings is 2. The van der Waals surface area contributed by atoms with Crippen LogP contribution in [-0.4, -0.2) is 41.0 Å². The molecule has 0 radical (unpaired) electrons. The number of aryl methyl sites for hydroxylation is 1. The summed E-state index contributed by atoms with van der Waals surface area (Å²) >= 11 is 0. The van der Waals surface area contributed by atoms with E-state index >= 15 is 0 Å². The maximum atomic E-state index is 9.73. The third-order valence-electron chi connectivity index (χ3n) is 5.87. The number of aromatic nitrogens is 1. The van der Waals surface area contributed by atoms with E-state index in [-0.39, 0.29) is 19.4 Å². The van der Waals surface area contributed by atoms with Crippen molar-refractivity contribution in [2.24, 2.45) is 0 Å². The van der Waals surface area contributed by atoms with Gasteiger partial charge in [0.25, 0.3) is 0 Å². The average molecular weight is 376 g/mol. The van der Waals surface area contributed by atoms with Crippen molar-refractivity contribution < 1.29 is 14.6 Å². The number of pyridine rings is 1. The number of aliphatic hydroxyl groups is 1. The Labute approximate surface area is 164 Å². The molecule has 1 fully saturated rings. The van der Waals surface area contributed by atoms with Gasteiger partial charge in [0, 0.05) is 29.6 Å². The van der Waals surface area contributed by atoms with Crippen LogP contribution < -0.4 is 9.47 Å². The average Bonchev–Trinajstić information content (AvgIpc) is 3.35. The quantitative estimate of drug-likeness (QED) is 0.749. The van der Waals surface area contributed by atoms with E-state index in [0.717, 1.165) is 59.6 Å². The summed E-state index contributed by atoms with van der Waals surface area (Å²) in [7, 11) is 0. The van der Waals surface area contributed by atoms with Crippen LogP contribution in [0.15, 0.2) is 42.5 Å². The summed E-state index contributed by atoms with van der Waals surface area (Å²) in [6.45, 7) is 4.38. The second-order valence-electron chi connectivity index (χ2n) is 7.66. The number of fused-ring (bicyclic) bond motifs is 2. The minimum Gasteiger partial charge on any atom is -0.454 e. The normalized spacial score (nSPS) is 18.9. The summed E-state index contributed by atoms with van der Waals surface area (Å²) in [4.78, 5) is 7.42. The monoisotopic (exact) mass is 376 g/mol. The summed E-state index contributed by atoms with van der Waals surface area (Å²) in [5.74, 6) is 1.53. The minimum atomic E-state index is 0.208. The molecule has 0 saturated carbocycles. The molecule has 0 bridgehead atoms. The fraction of sp³-hybridized carbons (Fsp3) is 0.348. The van der Waals surface area contributed by atoms with Gasteiger partial charge in [-0.05, 0) is 49.6 Å². The summed E-state index contributed by atoms with van der Waals surface area (Å²) in [5.41, 5.74) is 5.45. The van der Waals surface area contributed by atoms with Gasteiger partial charge < -0.3 is 14.6 Å². The number of hydrogen-bond acceptors (Lipinski definition) is 5. The van der Waals surface area contributed by atoms with E-state index in [9.17, 15) is 5.11 Å². The van der Waals surface area contributed by atoms with Gasteiger partial charge in [-0.3, -0.25) is 4.90 Å². The van der Waals surface area contributed by atoms with Gasteiger partial charge in [-0.25, -0.2) is 4.98 Å². The highest BCUT2D eigenvalue weighted by atomic mass is 16.7. The van der Waals surface area contributed by atoms with Crippen molar-refractivity contribution in [3.05, 3.63) is 53.6 Å². The first-order valence-electron chi connectivity index (χ1n) is 9.87. The zero-order valence-corrected chi connectivity index (χ0v) is 16.0. The molecule has 0 unspecified atom stereocenters. The Hall–Kier alpha value is -2.63. The molecule has 5 heteroatoms. The van der Waals surface area contributed by atoms with Gasteiger partial charge >= 0.3 is 0 Å². The highest BCUT2D eigenvalue weighted by Crippen LogP contribution is 2.38. The van der Waals surface area contributed by atoms with Gasteiger partial charge in [-0.1, -0.05) is 24.3 Å². The molecule has 1 N–H and O–H groups in total. The van der Waals surface area contributed by atoms with Crippen molar-refractivity contribution in [2.75, 3.05) is 19.9 Å². The molecule has 144 valence electrons. The van der Waals surface area contributed by atoms with Gasteiger partial charge in [0.1, 0.15) is 0 Å². The van der Waals surface area contributed by atoms with Crippen molar-refractivity contribution in [2.45, 2.75) is 32.4 Å². The van der Waals surface area contributed by atoms with Crippen LogP contribution >= 0.6 is 0 Å². The molecule has 2 aromatic carbocycles. The maximum Gasteiger partial charge on any atom is 0.231 e. The molecule has 5 rings (SSSR count). The largest absolute Gasteiger partial charge is 0.454 e. The van der Waals surface area contributed by atoms with E-state index in [0.29, 0.717) is 0 Å². The van der Waals surface area contributed by atoms with Crippen LogP contribution in [0.4, 0.5) is 0 Å². The molecule has 1 saturated heterocycles. The molecule has 1 atom stereocenters. The first kappa shape index (κ1) is 17.5. The number of likely N-dealkylation sites (tertiary alicyclic amines) is 1. The second kappa shape index (κ2) is 7.08.